The Kier molecular flexibility index (Phi) is 7.48. The number of benzene rings is 1. The normalized spacial score (nSPS) is 14.9. The molecule has 0 spiro atoms. The third-order valence-corrected chi connectivity index (χ3v) is 6.39. The van der Waals surface area contributed by atoms with E-state index in [0.717, 1.165) is 19.3 Å². The van der Waals surface area contributed by atoms with Crippen LogP contribution in [0.5, 0.6) is 5.75 Å². The van der Waals surface area contributed by atoms with Gasteiger partial charge in [-0.15, -0.1) is 12.4 Å². The quantitative estimate of drug-likeness (QED) is 0.729. The molecule has 1 amide bonds. The van der Waals surface area contributed by atoms with E-state index in [1.807, 2.05) is 0 Å². The van der Waals surface area contributed by atoms with Crippen molar-refractivity contribution in [3.8, 4) is 5.75 Å². The van der Waals surface area contributed by atoms with Crippen LogP contribution in [0, 0.1) is 0 Å². The summed E-state index contributed by atoms with van der Waals surface area (Å²) in [6, 6.07) is 6.10. The maximum absolute atomic E-state index is 13.0. The number of ether oxygens (including phenoxy) is 1. The standard InChI is InChI=1S/C18H23N3O5S.ClH/c1-25-16-6-5-14(20-18(22)13-9-15(11-19)26-12-13)10-17(16)27(23,24)21-7-3-2-4-8-21;/h5-6,9-10,12H,2-4,7-8,11,19H2,1H3,(H,20,22);1H. The molecule has 1 saturated heterocycles. The van der Waals surface area contributed by atoms with Crippen LogP contribution in [0.15, 0.2) is 39.8 Å². The fraction of sp³-hybridized carbons (Fsp3) is 0.389. The van der Waals surface area contributed by atoms with Gasteiger partial charge in [0.25, 0.3) is 5.91 Å². The summed E-state index contributed by atoms with van der Waals surface area (Å²) in [6.07, 6.45) is 4.01. The molecule has 10 heteroatoms. The smallest absolute Gasteiger partial charge is 0.258 e. The zero-order valence-corrected chi connectivity index (χ0v) is 17.1. The Morgan fingerprint density at radius 2 is 1.96 bits per heavy atom. The van der Waals surface area contributed by atoms with Crippen molar-refractivity contribution in [2.24, 2.45) is 5.73 Å². The zero-order chi connectivity index (χ0) is 19.4. The number of rotatable bonds is 6. The number of nitrogens with one attached hydrogen (secondary N) is 1. The zero-order valence-electron chi connectivity index (χ0n) is 15.5. The molecule has 2 aromatic rings. The monoisotopic (exact) mass is 429 g/mol. The molecule has 1 aromatic heterocycles. The van der Waals surface area contributed by atoms with Gasteiger partial charge in [0.05, 0.1) is 19.2 Å². The van der Waals surface area contributed by atoms with Gasteiger partial charge < -0.3 is 20.2 Å². The predicted octanol–water partition coefficient (Wildman–Crippen LogP) is 2.60. The summed E-state index contributed by atoms with van der Waals surface area (Å²) in [5, 5.41) is 2.68. The average molecular weight is 430 g/mol. The maximum Gasteiger partial charge on any atom is 0.258 e. The lowest BCUT2D eigenvalue weighted by atomic mass is 10.2. The molecule has 3 rings (SSSR count). The number of carbonyl (C=O) groups excluding carboxylic acids is 1. The van der Waals surface area contributed by atoms with Crippen LogP contribution in [0.3, 0.4) is 0 Å². The number of hydrogen-bond acceptors (Lipinski definition) is 6. The van der Waals surface area contributed by atoms with Gasteiger partial charge in [-0.3, -0.25) is 4.79 Å². The Bertz CT molecular complexity index is 923. The van der Waals surface area contributed by atoms with Gasteiger partial charge in [0.1, 0.15) is 22.7 Å². The minimum absolute atomic E-state index is 0. The van der Waals surface area contributed by atoms with Crippen molar-refractivity contribution in [2.75, 3.05) is 25.5 Å². The lowest BCUT2D eigenvalue weighted by Gasteiger charge is -2.26. The fourth-order valence-electron chi connectivity index (χ4n) is 3.01. The lowest BCUT2D eigenvalue weighted by molar-refractivity contribution is 0.102. The molecule has 0 unspecified atom stereocenters. The number of methoxy groups -OCH3 is 1. The number of carbonyl (C=O) groups is 1. The molecule has 0 radical (unpaired) electrons. The molecule has 0 atom stereocenters. The van der Waals surface area contributed by atoms with E-state index in [0.29, 0.717) is 30.1 Å². The van der Waals surface area contributed by atoms with Crippen molar-refractivity contribution in [2.45, 2.75) is 30.7 Å². The largest absolute Gasteiger partial charge is 0.495 e. The van der Waals surface area contributed by atoms with E-state index in [2.05, 4.69) is 5.32 Å². The highest BCUT2D eigenvalue weighted by atomic mass is 35.5. The van der Waals surface area contributed by atoms with E-state index in [4.69, 9.17) is 14.9 Å². The van der Waals surface area contributed by atoms with Gasteiger partial charge in [-0.05, 0) is 37.1 Å². The minimum atomic E-state index is -3.71. The number of piperidine rings is 1. The lowest BCUT2D eigenvalue weighted by Crippen LogP contribution is -2.35. The van der Waals surface area contributed by atoms with Gasteiger partial charge in [0.15, 0.2) is 0 Å². The first-order chi connectivity index (χ1) is 13.0. The van der Waals surface area contributed by atoms with Crippen LogP contribution in [-0.4, -0.2) is 38.8 Å². The van der Waals surface area contributed by atoms with Crippen molar-refractivity contribution < 1.29 is 22.4 Å². The van der Waals surface area contributed by atoms with Crippen molar-refractivity contribution in [1.29, 1.82) is 0 Å². The summed E-state index contributed by atoms with van der Waals surface area (Å²) >= 11 is 0. The average Bonchev–Trinajstić information content (AvgIpc) is 3.18. The summed E-state index contributed by atoms with van der Waals surface area (Å²) in [4.78, 5) is 12.4. The van der Waals surface area contributed by atoms with Gasteiger partial charge in [0.2, 0.25) is 10.0 Å². The Morgan fingerprint density at radius 3 is 2.57 bits per heavy atom. The van der Waals surface area contributed by atoms with Gasteiger partial charge in [-0.1, -0.05) is 6.42 Å². The van der Waals surface area contributed by atoms with Crippen LogP contribution in [0.25, 0.3) is 0 Å². The maximum atomic E-state index is 13.0. The number of anilines is 1. The molecule has 28 heavy (non-hydrogen) atoms. The van der Waals surface area contributed by atoms with Crippen molar-refractivity contribution in [3.05, 3.63) is 41.9 Å². The molecule has 0 aliphatic carbocycles. The highest BCUT2D eigenvalue weighted by Gasteiger charge is 2.29. The summed E-state index contributed by atoms with van der Waals surface area (Å²) in [7, 11) is -2.29. The van der Waals surface area contributed by atoms with Crippen LogP contribution in [0.2, 0.25) is 0 Å². The van der Waals surface area contributed by atoms with Gasteiger partial charge >= 0.3 is 0 Å². The first-order valence-corrected chi connectivity index (χ1v) is 10.2. The van der Waals surface area contributed by atoms with Crippen molar-refractivity contribution in [1.82, 2.24) is 4.31 Å². The van der Waals surface area contributed by atoms with Gasteiger partial charge in [-0.2, -0.15) is 4.31 Å². The molecule has 154 valence electrons. The Labute approximate surface area is 170 Å². The first-order valence-electron chi connectivity index (χ1n) is 8.72. The van der Waals surface area contributed by atoms with Crippen LogP contribution < -0.4 is 15.8 Å². The second kappa shape index (κ2) is 9.42. The summed E-state index contributed by atoms with van der Waals surface area (Å²) in [5.41, 5.74) is 6.14. The van der Waals surface area contributed by atoms with E-state index < -0.39 is 15.9 Å². The SMILES string of the molecule is COc1ccc(NC(=O)c2coc(CN)c2)cc1S(=O)(=O)N1CCCCC1.Cl. The van der Waals surface area contributed by atoms with E-state index in [9.17, 15) is 13.2 Å². The number of amides is 1. The van der Waals surface area contributed by atoms with E-state index in [-0.39, 0.29) is 29.6 Å². The number of nitrogens with two attached hydrogens (primary N) is 1. The molecule has 1 aliphatic heterocycles. The number of hydrogen-bond donors (Lipinski definition) is 2. The molecule has 1 aromatic carbocycles. The highest BCUT2D eigenvalue weighted by Crippen LogP contribution is 2.31. The summed E-state index contributed by atoms with van der Waals surface area (Å²) in [5.74, 6) is 0.320. The summed E-state index contributed by atoms with van der Waals surface area (Å²) in [6.45, 7) is 1.16. The van der Waals surface area contributed by atoms with Crippen molar-refractivity contribution >= 4 is 34.0 Å². The Hall–Kier alpha value is -2.07. The molecule has 8 nitrogen and oxygen atoms in total. The van der Waals surface area contributed by atoms with Gasteiger partial charge in [-0.25, -0.2) is 8.42 Å². The third-order valence-electron chi connectivity index (χ3n) is 4.47. The molecule has 0 bridgehead atoms. The molecule has 2 heterocycles. The topological polar surface area (TPSA) is 115 Å². The number of furan rings is 1. The molecular formula is C18H24ClN3O5S. The van der Waals surface area contributed by atoms with Crippen LogP contribution in [0.1, 0.15) is 35.4 Å². The predicted molar refractivity (Wildman–Crippen MR) is 107 cm³/mol. The Morgan fingerprint density at radius 1 is 1.25 bits per heavy atom. The highest BCUT2D eigenvalue weighted by molar-refractivity contribution is 7.89. The first kappa shape index (κ1) is 22.2. The molecular weight excluding hydrogens is 406 g/mol. The second-order valence-corrected chi connectivity index (χ2v) is 8.20. The van der Waals surface area contributed by atoms with E-state index in [1.54, 1.807) is 12.1 Å². The van der Waals surface area contributed by atoms with Crippen LogP contribution >= 0.6 is 12.4 Å². The number of sulfonamides is 1. The second-order valence-electron chi connectivity index (χ2n) is 6.29. The Balaban J connectivity index is 0.00000280. The fourth-order valence-corrected chi connectivity index (χ4v) is 4.71. The third kappa shape index (κ3) is 4.67. The van der Waals surface area contributed by atoms with Crippen LogP contribution in [-0.2, 0) is 16.6 Å². The van der Waals surface area contributed by atoms with E-state index >= 15 is 0 Å². The number of halogens is 1. The van der Waals surface area contributed by atoms with Crippen LogP contribution in [0.4, 0.5) is 5.69 Å². The molecule has 1 aliphatic rings. The number of nitrogens with zero attached hydrogens (tertiary/aromatic N) is 1. The molecule has 0 saturated carbocycles. The molecule has 3 N–H and O–H groups in total. The van der Waals surface area contributed by atoms with Gasteiger partial charge in [0, 0.05) is 18.8 Å². The van der Waals surface area contributed by atoms with E-state index in [1.165, 1.54) is 29.8 Å². The van der Waals surface area contributed by atoms with Crippen molar-refractivity contribution in [3.63, 3.8) is 0 Å². The summed E-state index contributed by atoms with van der Waals surface area (Å²) < 4.78 is 37.9. The minimum Gasteiger partial charge on any atom is -0.495 e. The molecule has 1 fully saturated rings.